The normalized spacial score (nSPS) is 10.0. The minimum atomic E-state index is 0.606. The van der Waals surface area contributed by atoms with Crippen LogP contribution in [0.5, 0.6) is 0 Å². The number of benzene rings is 1. The minimum Gasteiger partial charge on any atom is -0.291 e. The molecule has 0 saturated heterocycles. The Morgan fingerprint density at radius 3 is 2.41 bits per heavy atom. The lowest BCUT2D eigenvalue weighted by molar-refractivity contribution is 0.388. The lowest BCUT2D eigenvalue weighted by atomic mass is 10.2. The highest BCUT2D eigenvalue weighted by atomic mass is 16.5. The highest BCUT2D eigenvalue weighted by Gasteiger charge is 2.11. The molecule has 0 unspecified atom stereocenters. The van der Waals surface area contributed by atoms with Crippen molar-refractivity contribution in [3.8, 4) is 11.8 Å². The van der Waals surface area contributed by atoms with Crippen molar-refractivity contribution in [2.75, 3.05) is 5.48 Å². The van der Waals surface area contributed by atoms with Crippen LogP contribution in [0, 0.1) is 25.2 Å². The second kappa shape index (κ2) is 4.28. The van der Waals surface area contributed by atoms with Gasteiger partial charge in [0.1, 0.15) is 5.69 Å². The van der Waals surface area contributed by atoms with Crippen molar-refractivity contribution in [3.05, 3.63) is 41.2 Å². The molecule has 0 saturated carbocycles. The van der Waals surface area contributed by atoms with Gasteiger partial charge >= 0.3 is 0 Å². The molecule has 5 heteroatoms. The van der Waals surface area contributed by atoms with Gasteiger partial charge in [0.05, 0.1) is 28.7 Å². The molecule has 2 N–H and O–H groups in total. The van der Waals surface area contributed by atoms with Gasteiger partial charge in [0, 0.05) is 0 Å². The van der Waals surface area contributed by atoms with E-state index in [1.54, 1.807) is 16.8 Å². The summed E-state index contributed by atoms with van der Waals surface area (Å²) in [6, 6.07) is 9.17. The van der Waals surface area contributed by atoms with Crippen LogP contribution >= 0.6 is 0 Å². The Hall–Kier alpha value is -2.32. The molecule has 1 aromatic carbocycles. The summed E-state index contributed by atoms with van der Waals surface area (Å²) in [5.74, 6) is 0. The van der Waals surface area contributed by atoms with Gasteiger partial charge in [-0.05, 0) is 38.1 Å². The van der Waals surface area contributed by atoms with Gasteiger partial charge in [-0.15, -0.1) is 0 Å². The van der Waals surface area contributed by atoms with Crippen LogP contribution in [0.3, 0.4) is 0 Å². The maximum Gasteiger partial charge on any atom is 0.104 e. The third kappa shape index (κ3) is 1.86. The van der Waals surface area contributed by atoms with E-state index in [0.717, 1.165) is 11.4 Å². The monoisotopic (exact) mass is 228 g/mol. The maximum atomic E-state index is 9.00. The summed E-state index contributed by atoms with van der Waals surface area (Å²) in [4.78, 5) is 0. The molecule has 0 aliphatic rings. The Morgan fingerprint density at radius 1 is 1.29 bits per heavy atom. The van der Waals surface area contributed by atoms with Gasteiger partial charge in [0.25, 0.3) is 0 Å². The Bertz CT molecular complexity index is 578. The summed E-state index contributed by atoms with van der Waals surface area (Å²) in [6.07, 6.45) is 0. The molecule has 0 radical (unpaired) electrons. The highest BCUT2D eigenvalue weighted by Crippen LogP contribution is 2.22. The van der Waals surface area contributed by atoms with Crippen molar-refractivity contribution in [1.29, 1.82) is 5.26 Å². The molecule has 2 aromatic rings. The second-order valence-electron chi connectivity index (χ2n) is 3.73. The fourth-order valence-electron chi connectivity index (χ4n) is 1.73. The average Bonchev–Trinajstić information content (AvgIpc) is 2.64. The topological polar surface area (TPSA) is 73.9 Å². The summed E-state index contributed by atoms with van der Waals surface area (Å²) in [7, 11) is 0. The van der Waals surface area contributed by atoms with E-state index in [1.165, 1.54) is 0 Å². The molecule has 0 fully saturated rings. The van der Waals surface area contributed by atoms with Crippen LogP contribution in [-0.2, 0) is 0 Å². The summed E-state index contributed by atoms with van der Waals surface area (Å²) < 4.78 is 1.72. The second-order valence-corrected chi connectivity index (χ2v) is 3.73. The fraction of sp³-hybridized carbons (Fsp3) is 0.167. The summed E-state index contributed by atoms with van der Waals surface area (Å²) in [5.41, 5.74) is 5.74. The van der Waals surface area contributed by atoms with E-state index in [1.807, 2.05) is 26.0 Å². The van der Waals surface area contributed by atoms with Gasteiger partial charge in [-0.1, -0.05) is 0 Å². The number of aryl methyl sites for hydroxylation is 1. The van der Waals surface area contributed by atoms with E-state index in [9.17, 15) is 0 Å². The first kappa shape index (κ1) is 11.2. The number of hydrogen-bond donors (Lipinski definition) is 2. The quantitative estimate of drug-likeness (QED) is 0.772. The highest BCUT2D eigenvalue weighted by molar-refractivity contribution is 5.53. The Morgan fingerprint density at radius 2 is 1.94 bits per heavy atom. The number of aromatic nitrogens is 2. The van der Waals surface area contributed by atoms with Crippen LogP contribution in [-0.4, -0.2) is 15.0 Å². The lowest BCUT2D eigenvalue weighted by Crippen LogP contribution is -1.99. The maximum absolute atomic E-state index is 9.00. The molecular weight excluding hydrogens is 216 g/mol. The molecule has 86 valence electrons. The van der Waals surface area contributed by atoms with Gasteiger partial charge in [-0.3, -0.25) is 10.7 Å². The smallest absolute Gasteiger partial charge is 0.104 e. The molecule has 17 heavy (non-hydrogen) atoms. The van der Waals surface area contributed by atoms with E-state index >= 15 is 0 Å². The lowest BCUT2D eigenvalue weighted by Gasteiger charge is -2.04. The molecule has 5 nitrogen and oxygen atoms in total. The first-order valence-corrected chi connectivity index (χ1v) is 5.14. The molecule has 0 atom stereocenters. The van der Waals surface area contributed by atoms with Crippen LogP contribution in [0.1, 0.15) is 17.0 Å². The van der Waals surface area contributed by atoms with Gasteiger partial charge in [-0.2, -0.15) is 10.4 Å². The fourth-order valence-corrected chi connectivity index (χ4v) is 1.73. The first-order chi connectivity index (χ1) is 8.17. The van der Waals surface area contributed by atoms with Crippen molar-refractivity contribution < 1.29 is 5.21 Å². The first-order valence-electron chi connectivity index (χ1n) is 5.14. The summed E-state index contributed by atoms with van der Waals surface area (Å²) in [5, 5.41) is 22.0. The van der Waals surface area contributed by atoms with Gasteiger partial charge in [0.15, 0.2) is 0 Å². The Balaban J connectivity index is 2.50. The van der Waals surface area contributed by atoms with Crippen molar-refractivity contribution in [1.82, 2.24) is 9.78 Å². The van der Waals surface area contributed by atoms with Gasteiger partial charge < -0.3 is 0 Å². The van der Waals surface area contributed by atoms with Crippen LogP contribution in [0.4, 0.5) is 5.69 Å². The van der Waals surface area contributed by atoms with Crippen molar-refractivity contribution in [3.63, 3.8) is 0 Å². The molecule has 0 aliphatic heterocycles. The molecular formula is C12H12N4O. The van der Waals surface area contributed by atoms with Gasteiger partial charge in [-0.25, -0.2) is 4.68 Å². The molecule has 0 amide bonds. The number of hydrogen-bond acceptors (Lipinski definition) is 4. The molecule has 0 spiro atoms. The van der Waals surface area contributed by atoms with E-state index in [2.05, 4.69) is 16.6 Å². The number of nitriles is 1. The zero-order chi connectivity index (χ0) is 12.4. The van der Waals surface area contributed by atoms with E-state index in [0.29, 0.717) is 16.9 Å². The zero-order valence-electron chi connectivity index (χ0n) is 9.60. The van der Waals surface area contributed by atoms with Crippen molar-refractivity contribution in [2.45, 2.75) is 13.8 Å². The van der Waals surface area contributed by atoms with Gasteiger partial charge in [0.2, 0.25) is 0 Å². The van der Waals surface area contributed by atoms with E-state index in [4.69, 9.17) is 10.5 Å². The van der Waals surface area contributed by atoms with Crippen LogP contribution in [0.25, 0.3) is 5.69 Å². The van der Waals surface area contributed by atoms with Crippen LogP contribution in [0.2, 0.25) is 0 Å². The van der Waals surface area contributed by atoms with Crippen molar-refractivity contribution >= 4 is 5.69 Å². The summed E-state index contributed by atoms with van der Waals surface area (Å²) >= 11 is 0. The molecule has 0 aliphatic carbocycles. The number of nitrogens with one attached hydrogen (secondary N) is 1. The molecule has 1 heterocycles. The molecule has 1 aromatic heterocycles. The number of nitrogens with zero attached hydrogens (tertiary/aromatic N) is 3. The standard InChI is InChI=1S/C12H12N4O/c1-8-12(15-17)9(2)16(14-8)11-5-3-10(7-13)4-6-11/h3-6,15,17H,1-2H3. The predicted molar refractivity (Wildman–Crippen MR) is 63.2 cm³/mol. The summed E-state index contributed by atoms with van der Waals surface area (Å²) in [6.45, 7) is 3.67. The molecule has 0 bridgehead atoms. The minimum absolute atomic E-state index is 0.606. The van der Waals surface area contributed by atoms with E-state index < -0.39 is 0 Å². The van der Waals surface area contributed by atoms with Crippen LogP contribution in [0.15, 0.2) is 24.3 Å². The number of rotatable bonds is 2. The predicted octanol–water partition coefficient (Wildman–Crippen LogP) is 2.16. The molecule has 2 rings (SSSR count). The number of anilines is 1. The Kier molecular flexibility index (Phi) is 2.81. The zero-order valence-corrected chi connectivity index (χ0v) is 9.60. The average molecular weight is 228 g/mol. The SMILES string of the molecule is Cc1nn(-c2ccc(C#N)cc2)c(C)c1NO. The van der Waals surface area contributed by atoms with Crippen LogP contribution < -0.4 is 5.48 Å². The third-order valence-electron chi connectivity index (χ3n) is 2.64. The van der Waals surface area contributed by atoms with Crippen molar-refractivity contribution in [2.24, 2.45) is 0 Å². The third-order valence-corrected chi connectivity index (χ3v) is 2.64. The Labute approximate surface area is 98.9 Å². The van der Waals surface area contributed by atoms with E-state index in [-0.39, 0.29) is 0 Å². The largest absolute Gasteiger partial charge is 0.291 e.